The third-order valence-corrected chi connectivity index (χ3v) is 5.30. The molecule has 172 valence electrons. The van der Waals surface area contributed by atoms with Gasteiger partial charge in [-0.05, 0) is 43.2 Å². The van der Waals surface area contributed by atoms with Crippen molar-refractivity contribution in [3.05, 3.63) is 64.1 Å². The molecule has 1 aromatic heterocycles. The predicted molar refractivity (Wildman–Crippen MR) is 121 cm³/mol. The first-order valence-electron chi connectivity index (χ1n) is 10.9. The molecule has 2 heterocycles. The lowest BCUT2D eigenvalue weighted by molar-refractivity contribution is -0.121. The van der Waals surface area contributed by atoms with Gasteiger partial charge in [0, 0.05) is 24.9 Å². The van der Waals surface area contributed by atoms with Gasteiger partial charge in [0.25, 0.3) is 5.56 Å². The van der Waals surface area contributed by atoms with Gasteiger partial charge in [0.15, 0.2) is 17.3 Å². The summed E-state index contributed by atoms with van der Waals surface area (Å²) < 4.78 is 16.4. The lowest BCUT2D eigenvalue weighted by atomic mass is 10.2. The molecule has 2 aromatic carbocycles. The van der Waals surface area contributed by atoms with Gasteiger partial charge in [0.05, 0.1) is 6.10 Å². The number of aromatic nitrogens is 3. The molecule has 9 heteroatoms. The number of hydrogen-bond donors (Lipinski definition) is 2. The number of aromatic amines is 1. The second kappa shape index (κ2) is 10.2. The van der Waals surface area contributed by atoms with Crippen LogP contribution in [0, 0.1) is 0 Å². The molecule has 0 saturated heterocycles. The SMILES string of the molecule is CC[C@H](C)Oc1cccc(-c2nnc(CCC(=O)NCc3ccc4c(c3)OCO4)c(=O)[nH]2)c1. The first-order chi connectivity index (χ1) is 16.0. The summed E-state index contributed by atoms with van der Waals surface area (Å²) in [6.07, 6.45) is 1.29. The van der Waals surface area contributed by atoms with Crippen LogP contribution in [0.1, 0.15) is 37.9 Å². The Bertz CT molecular complexity index is 1190. The zero-order chi connectivity index (χ0) is 23.2. The summed E-state index contributed by atoms with van der Waals surface area (Å²) in [4.78, 5) is 27.5. The Morgan fingerprint density at radius 2 is 2.03 bits per heavy atom. The largest absolute Gasteiger partial charge is 0.491 e. The normalized spacial score (nSPS) is 12.9. The molecule has 9 nitrogen and oxygen atoms in total. The number of fused-ring (bicyclic) bond motifs is 1. The molecule has 1 amide bonds. The molecule has 0 spiro atoms. The van der Waals surface area contributed by atoms with Gasteiger partial charge in [-0.15, -0.1) is 10.2 Å². The highest BCUT2D eigenvalue weighted by molar-refractivity contribution is 5.76. The molecule has 4 rings (SSSR count). The number of ether oxygens (including phenoxy) is 3. The monoisotopic (exact) mass is 450 g/mol. The minimum absolute atomic E-state index is 0.0870. The Labute approximate surface area is 191 Å². The zero-order valence-electron chi connectivity index (χ0n) is 18.6. The third kappa shape index (κ3) is 5.68. The van der Waals surface area contributed by atoms with Crippen LogP contribution in [0.4, 0.5) is 0 Å². The van der Waals surface area contributed by atoms with E-state index in [9.17, 15) is 9.59 Å². The first-order valence-corrected chi connectivity index (χ1v) is 10.9. The second-order valence-electron chi connectivity index (χ2n) is 7.78. The molecule has 0 fully saturated rings. The molecule has 2 N–H and O–H groups in total. The minimum atomic E-state index is -0.364. The quantitative estimate of drug-likeness (QED) is 0.515. The number of nitrogens with zero attached hydrogens (tertiary/aromatic N) is 2. The molecule has 3 aromatic rings. The van der Waals surface area contributed by atoms with E-state index < -0.39 is 0 Å². The Morgan fingerprint density at radius 3 is 2.85 bits per heavy atom. The number of amides is 1. The summed E-state index contributed by atoms with van der Waals surface area (Å²) >= 11 is 0. The van der Waals surface area contributed by atoms with Gasteiger partial charge in [-0.25, -0.2) is 0 Å². The number of rotatable bonds is 9. The molecule has 0 unspecified atom stereocenters. The third-order valence-electron chi connectivity index (χ3n) is 5.30. The number of H-pyrrole nitrogens is 1. The highest BCUT2D eigenvalue weighted by Gasteiger charge is 2.14. The Kier molecular flexibility index (Phi) is 6.87. The Morgan fingerprint density at radius 1 is 1.18 bits per heavy atom. The summed E-state index contributed by atoms with van der Waals surface area (Å²) in [6.45, 7) is 4.60. The number of benzene rings is 2. The number of hydrogen-bond acceptors (Lipinski definition) is 7. The van der Waals surface area contributed by atoms with E-state index in [0.29, 0.717) is 35.2 Å². The smallest absolute Gasteiger partial charge is 0.273 e. The lowest BCUT2D eigenvalue weighted by Crippen LogP contribution is -2.25. The van der Waals surface area contributed by atoms with Gasteiger partial charge < -0.3 is 24.5 Å². The molecule has 1 aliphatic heterocycles. The molecule has 33 heavy (non-hydrogen) atoms. The molecule has 0 bridgehead atoms. The van der Waals surface area contributed by atoms with Crippen LogP contribution < -0.4 is 25.1 Å². The minimum Gasteiger partial charge on any atom is -0.491 e. The number of carbonyl (C=O) groups is 1. The highest BCUT2D eigenvalue weighted by Crippen LogP contribution is 2.32. The van der Waals surface area contributed by atoms with Gasteiger partial charge >= 0.3 is 0 Å². The molecule has 1 aliphatic rings. The maximum Gasteiger partial charge on any atom is 0.273 e. The van der Waals surface area contributed by atoms with E-state index in [1.807, 2.05) is 56.3 Å². The van der Waals surface area contributed by atoms with Crippen molar-refractivity contribution >= 4 is 5.91 Å². The van der Waals surface area contributed by atoms with Gasteiger partial charge in [-0.3, -0.25) is 9.59 Å². The molecule has 0 radical (unpaired) electrons. The first kappa shape index (κ1) is 22.3. The molecule has 1 atom stereocenters. The van der Waals surface area contributed by atoms with Crippen molar-refractivity contribution < 1.29 is 19.0 Å². The van der Waals surface area contributed by atoms with Crippen LogP contribution in [0.15, 0.2) is 47.3 Å². The fourth-order valence-electron chi connectivity index (χ4n) is 3.26. The van der Waals surface area contributed by atoms with Crippen molar-refractivity contribution in [1.29, 1.82) is 0 Å². The van der Waals surface area contributed by atoms with Crippen molar-refractivity contribution in [2.24, 2.45) is 0 Å². The van der Waals surface area contributed by atoms with Crippen molar-refractivity contribution in [1.82, 2.24) is 20.5 Å². The van der Waals surface area contributed by atoms with E-state index >= 15 is 0 Å². The summed E-state index contributed by atoms with van der Waals surface area (Å²) in [5, 5.41) is 11.0. The van der Waals surface area contributed by atoms with E-state index in [-0.39, 0.29) is 42.9 Å². The lowest BCUT2D eigenvalue weighted by Gasteiger charge is -2.13. The number of nitrogens with one attached hydrogen (secondary N) is 2. The zero-order valence-corrected chi connectivity index (χ0v) is 18.6. The van der Waals surface area contributed by atoms with Crippen LogP contribution in [0.2, 0.25) is 0 Å². The summed E-state index contributed by atoms with van der Waals surface area (Å²) in [6, 6.07) is 12.9. The fraction of sp³-hybridized carbons (Fsp3) is 0.333. The second-order valence-corrected chi connectivity index (χ2v) is 7.78. The van der Waals surface area contributed by atoms with E-state index in [1.54, 1.807) is 0 Å². The van der Waals surface area contributed by atoms with Crippen LogP contribution in [-0.2, 0) is 17.8 Å². The van der Waals surface area contributed by atoms with E-state index in [2.05, 4.69) is 20.5 Å². The molecule has 0 aliphatic carbocycles. The molecular formula is C24H26N4O5. The van der Waals surface area contributed by atoms with Crippen LogP contribution in [0.3, 0.4) is 0 Å². The van der Waals surface area contributed by atoms with Gasteiger partial charge in [-0.2, -0.15) is 0 Å². The summed E-state index contributed by atoms with van der Waals surface area (Å²) in [7, 11) is 0. The number of aryl methyl sites for hydroxylation is 1. The van der Waals surface area contributed by atoms with E-state index in [4.69, 9.17) is 14.2 Å². The predicted octanol–water partition coefficient (Wildman–Crippen LogP) is 2.99. The highest BCUT2D eigenvalue weighted by atomic mass is 16.7. The van der Waals surface area contributed by atoms with E-state index in [1.165, 1.54) is 0 Å². The summed E-state index contributed by atoms with van der Waals surface area (Å²) in [5.74, 6) is 2.23. The van der Waals surface area contributed by atoms with Crippen LogP contribution >= 0.6 is 0 Å². The topological polar surface area (TPSA) is 115 Å². The van der Waals surface area contributed by atoms with Gasteiger partial charge in [0.2, 0.25) is 12.7 Å². The van der Waals surface area contributed by atoms with Gasteiger partial charge in [0.1, 0.15) is 11.4 Å². The van der Waals surface area contributed by atoms with Crippen molar-refractivity contribution in [2.45, 2.75) is 45.8 Å². The fourth-order valence-corrected chi connectivity index (χ4v) is 3.26. The van der Waals surface area contributed by atoms with Crippen LogP contribution in [0.5, 0.6) is 17.2 Å². The Hall–Kier alpha value is -3.88. The standard InChI is InChI=1S/C24H26N4O5/c1-3-15(2)33-18-6-4-5-17(12-18)23-26-24(30)19(27-28-23)8-10-22(29)25-13-16-7-9-20-21(11-16)32-14-31-20/h4-7,9,11-12,15H,3,8,10,13-14H2,1-2H3,(H,25,29)(H,26,28,30)/t15-/m0/s1. The average Bonchev–Trinajstić information content (AvgIpc) is 3.30. The maximum atomic E-state index is 12.5. The average molecular weight is 450 g/mol. The van der Waals surface area contributed by atoms with Crippen LogP contribution in [0.25, 0.3) is 11.4 Å². The van der Waals surface area contributed by atoms with Crippen LogP contribution in [-0.4, -0.2) is 34.0 Å². The Balaban J connectivity index is 1.32. The summed E-state index contributed by atoms with van der Waals surface area (Å²) in [5.41, 5.74) is 1.45. The molecular weight excluding hydrogens is 424 g/mol. The van der Waals surface area contributed by atoms with Crippen molar-refractivity contribution in [3.8, 4) is 28.6 Å². The van der Waals surface area contributed by atoms with E-state index in [0.717, 1.165) is 12.0 Å². The van der Waals surface area contributed by atoms with Crippen molar-refractivity contribution in [3.63, 3.8) is 0 Å². The number of carbonyl (C=O) groups excluding carboxylic acids is 1. The maximum absolute atomic E-state index is 12.5. The molecule has 0 saturated carbocycles. The van der Waals surface area contributed by atoms with Gasteiger partial charge in [-0.1, -0.05) is 25.1 Å². The van der Waals surface area contributed by atoms with Crippen molar-refractivity contribution in [2.75, 3.05) is 6.79 Å².